The van der Waals surface area contributed by atoms with Gasteiger partial charge in [-0.3, -0.25) is 9.78 Å². The number of hydrogen-bond donors (Lipinski definition) is 1. The standard InChI is InChI=1S/C25H21F3N2O4.C5H12/c1-2-32-23(31)10-15-3-4-17(26)11-21(15)33-13-14-7-16-9-22(27)34-25(16)19(8-14)18-5-6-30-20(12-29)24(18)28;1-5(2,3)4/h3-9,11H,2,10,12-13,29H2,1H3;1-4H3. The summed E-state index contributed by atoms with van der Waals surface area (Å²) in [6.45, 7) is 10.5. The van der Waals surface area contributed by atoms with Crippen molar-refractivity contribution < 1.29 is 31.9 Å². The summed E-state index contributed by atoms with van der Waals surface area (Å²) in [7, 11) is 0. The summed E-state index contributed by atoms with van der Waals surface area (Å²) >= 11 is 0. The minimum Gasteiger partial charge on any atom is -0.488 e. The number of carbonyl (C=O) groups excluding carboxylic acids is 1. The Kier molecular flexibility index (Phi) is 9.75. The molecule has 0 spiro atoms. The minimum atomic E-state index is -0.829. The third kappa shape index (κ3) is 8.32. The van der Waals surface area contributed by atoms with E-state index in [1.165, 1.54) is 36.5 Å². The molecule has 0 atom stereocenters. The van der Waals surface area contributed by atoms with E-state index < -0.39 is 23.6 Å². The number of pyridine rings is 1. The zero-order valence-electron chi connectivity index (χ0n) is 22.7. The fraction of sp³-hybridized carbons (Fsp3) is 0.333. The van der Waals surface area contributed by atoms with Crippen molar-refractivity contribution in [2.75, 3.05) is 6.61 Å². The molecule has 2 heterocycles. The van der Waals surface area contributed by atoms with Gasteiger partial charge in [0.2, 0.25) is 0 Å². The second-order valence-corrected chi connectivity index (χ2v) is 10.5. The Hall–Kier alpha value is -3.85. The third-order valence-electron chi connectivity index (χ3n) is 5.15. The molecule has 0 fully saturated rings. The van der Waals surface area contributed by atoms with Gasteiger partial charge in [0.05, 0.1) is 18.7 Å². The summed E-state index contributed by atoms with van der Waals surface area (Å²) in [6.07, 6.45) is 1.31. The Morgan fingerprint density at radius 3 is 2.41 bits per heavy atom. The minimum absolute atomic E-state index is 0.0581. The molecule has 2 N–H and O–H groups in total. The van der Waals surface area contributed by atoms with Crippen molar-refractivity contribution in [3.63, 3.8) is 0 Å². The van der Waals surface area contributed by atoms with Gasteiger partial charge in [0, 0.05) is 47.0 Å². The molecule has 208 valence electrons. The molecule has 0 aliphatic heterocycles. The maximum Gasteiger partial charge on any atom is 0.310 e. The molecule has 0 radical (unpaired) electrons. The summed E-state index contributed by atoms with van der Waals surface area (Å²) in [6, 6.07) is 8.85. The number of halogens is 3. The van der Waals surface area contributed by atoms with Crippen LogP contribution < -0.4 is 10.5 Å². The van der Waals surface area contributed by atoms with Crippen LogP contribution in [0.1, 0.15) is 51.4 Å². The first-order valence-electron chi connectivity index (χ1n) is 12.5. The van der Waals surface area contributed by atoms with Gasteiger partial charge in [-0.25, -0.2) is 8.78 Å². The number of esters is 1. The topological polar surface area (TPSA) is 87.6 Å². The molecule has 9 heteroatoms. The number of nitrogens with zero attached hydrogens (tertiary/aromatic N) is 1. The van der Waals surface area contributed by atoms with Gasteiger partial charge in [-0.05, 0) is 42.2 Å². The number of furan rings is 1. The summed E-state index contributed by atoms with van der Waals surface area (Å²) < 4.78 is 58.7. The van der Waals surface area contributed by atoms with Crippen molar-refractivity contribution >= 4 is 16.9 Å². The van der Waals surface area contributed by atoms with Gasteiger partial charge in [0.25, 0.3) is 6.01 Å². The number of carbonyl (C=O) groups is 1. The van der Waals surface area contributed by atoms with Crippen LogP contribution >= 0.6 is 0 Å². The van der Waals surface area contributed by atoms with Crippen molar-refractivity contribution in [1.29, 1.82) is 0 Å². The van der Waals surface area contributed by atoms with Crippen molar-refractivity contribution in [2.45, 2.75) is 54.2 Å². The van der Waals surface area contributed by atoms with Gasteiger partial charge in [-0.15, -0.1) is 0 Å². The first-order valence-corrected chi connectivity index (χ1v) is 12.5. The Balaban J connectivity index is 0.000000771. The van der Waals surface area contributed by atoms with Gasteiger partial charge in [0.1, 0.15) is 23.8 Å². The molecule has 0 aliphatic carbocycles. The van der Waals surface area contributed by atoms with Crippen LogP contribution in [0.3, 0.4) is 0 Å². The Morgan fingerprint density at radius 2 is 1.74 bits per heavy atom. The largest absolute Gasteiger partial charge is 0.488 e. The second-order valence-electron chi connectivity index (χ2n) is 10.5. The summed E-state index contributed by atoms with van der Waals surface area (Å²) in [4.78, 5) is 15.8. The number of benzene rings is 2. The Bertz CT molecular complexity index is 1440. The first-order chi connectivity index (χ1) is 18.4. The molecular formula is C30H33F3N2O4. The summed E-state index contributed by atoms with van der Waals surface area (Å²) in [5.74, 6) is -1.49. The number of fused-ring (bicyclic) bond motifs is 1. The molecular weight excluding hydrogens is 509 g/mol. The number of hydrogen-bond acceptors (Lipinski definition) is 6. The van der Waals surface area contributed by atoms with Crippen LogP contribution in [0.4, 0.5) is 13.2 Å². The molecule has 0 aliphatic rings. The summed E-state index contributed by atoms with van der Waals surface area (Å²) in [5.41, 5.74) is 7.71. The number of aromatic nitrogens is 1. The molecule has 2 aromatic carbocycles. The van der Waals surface area contributed by atoms with Gasteiger partial charge >= 0.3 is 5.97 Å². The van der Waals surface area contributed by atoms with Gasteiger partial charge in [0.15, 0.2) is 5.82 Å². The molecule has 0 unspecified atom stereocenters. The Labute approximate surface area is 225 Å². The van der Waals surface area contributed by atoms with E-state index in [-0.39, 0.29) is 48.8 Å². The summed E-state index contributed by atoms with van der Waals surface area (Å²) in [5, 5.41) is 0.394. The number of ether oxygens (including phenoxy) is 2. The lowest BCUT2D eigenvalue weighted by molar-refractivity contribution is -0.142. The van der Waals surface area contributed by atoms with E-state index in [0.717, 1.165) is 0 Å². The number of nitrogens with two attached hydrogens (primary N) is 1. The highest BCUT2D eigenvalue weighted by Gasteiger charge is 2.18. The van der Waals surface area contributed by atoms with E-state index in [2.05, 4.69) is 32.7 Å². The maximum absolute atomic E-state index is 15.0. The maximum atomic E-state index is 15.0. The fourth-order valence-electron chi connectivity index (χ4n) is 3.64. The lowest BCUT2D eigenvalue weighted by Crippen LogP contribution is -2.09. The molecule has 0 bridgehead atoms. The highest BCUT2D eigenvalue weighted by Crippen LogP contribution is 2.34. The van der Waals surface area contributed by atoms with Gasteiger partial charge in [-0.2, -0.15) is 4.39 Å². The van der Waals surface area contributed by atoms with Gasteiger partial charge < -0.3 is 19.6 Å². The average molecular weight is 543 g/mol. The van der Waals surface area contributed by atoms with E-state index in [1.807, 2.05) is 0 Å². The van der Waals surface area contributed by atoms with Crippen LogP contribution in [0, 0.1) is 23.1 Å². The molecule has 0 amide bonds. The zero-order chi connectivity index (χ0) is 28.7. The van der Waals surface area contributed by atoms with Crippen LogP contribution in [-0.4, -0.2) is 17.6 Å². The van der Waals surface area contributed by atoms with Crippen molar-refractivity contribution in [1.82, 2.24) is 4.98 Å². The molecule has 4 aromatic rings. The zero-order valence-corrected chi connectivity index (χ0v) is 22.7. The van der Waals surface area contributed by atoms with E-state index in [9.17, 15) is 18.0 Å². The highest BCUT2D eigenvalue weighted by atomic mass is 19.1. The highest BCUT2D eigenvalue weighted by molar-refractivity contribution is 5.93. The second kappa shape index (κ2) is 12.8. The molecule has 6 nitrogen and oxygen atoms in total. The average Bonchev–Trinajstić information content (AvgIpc) is 3.23. The lowest BCUT2D eigenvalue weighted by Gasteiger charge is -2.13. The van der Waals surface area contributed by atoms with Crippen LogP contribution in [0.25, 0.3) is 22.1 Å². The van der Waals surface area contributed by atoms with E-state index >= 15 is 0 Å². The third-order valence-corrected chi connectivity index (χ3v) is 5.15. The van der Waals surface area contributed by atoms with Crippen LogP contribution in [-0.2, 0) is 29.1 Å². The molecule has 4 rings (SSSR count). The molecule has 0 saturated heterocycles. The van der Waals surface area contributed by atoms with Crippen molar-refractivity contribution in [3.05, 3.63) is 83.1 Å². The Morgan fingerprint density at radius 1 is 1.03 bits per heavy atom. The normalized spacial score (nSPS) is 11.2. The SMILES string of the molecule is CC(C)(C)C.CCOC(=O)Cc1ccc(F)cc1OCc1cc(-c2ccnc(CN)c2F)c2oc(F)cc2c1. The molecule has 39 heavy (non-hydrogen) atoms. The monoisotopic (exact) mass is 542 g/mol. The number of rotatable bonds is 8. The van der Waals surface area contributed by atoms with Crippen LogP contribution in [0.2, 0.25) is 0 Å². The predicted molar refractivity (Wildman–Crippen MR) is 143 cm³/mol. The van der Waals surface area contributed by atoms with Crippen molar-refractivity contribution in [2.24, 2.45) is 11.1 Å². The lowest BCUT2D eigenvalue weighted by atomic mass is 10.00. The molecule has 2 aromatic heterocycles. The van der Waals surface area contributed by atoms with Gasteiger partial charge in [-0.1, -0.05) is 33.8 Å². The first kappa shape index (κ1) is 29.7. The van der Waals surface area contributed by atoms with E-state index in [1.54, 1.807) is 19.1 Å². The fourth-order valence-corrected chi connectivity index (χ4v) is 3.64. The quantitative estimate of drug-likeness (QED) is 0.239. The predicted octanol–water partition coefficient (Wildman–Crippen LogP) is 7.11. The van der Waals surface area contributed by atoms with Crippen LogP contribution in [0.15, 0.2) is 53.1 Å². The van der Waals surface area contributed by atoms with E-state index in [4.69, 9.17) is 19.6 Å². The van der Waals surface area contributed by atoms with Crippen LogP contribution in [0.5, 0.6) is 5.75 Å². The smallest absolute Gasteiger partial charge is 0.310 e. The van der Waals surface area contributed by atoms with Crippen molar-refractivity contribution in [3.8, 4) is 16.9 Å². The van der Waals surface area contributed by atoms with E-state index in [0.29, 0.717) is 27.5 Å². The molecule has 0 saturated carbocycles.